The van der Waals surface area contributed by atoms with Crippen LogP contribution in [0.3, 0.4) is 0 Å². The number of rotatable bonds is 3. The molecule has 0 saturated carbocycles. The summed E-state index contributed by atoms with van der Waals surface area (Å²) in [6.07, 6.45) is 1.01. The lowest BCUT2D eigenvalue weighted by atomic mass is 10.0. The van der Waals surface area contributed by atoms with E-state index in [1.165, 1.54) is 5.56 Å². The molecule has 3 nitrogen and oxygen atoms in total. The van der Waals surface area contributed by atoms with Crippen LogP contribution in [-0.4, -0.2) is 12.5 Å². The van der Waals surface area contributed by atoms with Crippen molar-refractivity contribution in [2.24, 2.45) is 11.7 Å². The average Bonchev–Trinajstić information content (AvgIpc) is 2.51. The van der Waals surface area contributed by atoms with E-state index >= 15 is 0 Å². The molecule has 3 heteroatoms. The Balaban J connectivity index is 2.38. The topological polar surface area (TPSA) is 46.3 Å². The third-order valence-electron chi connectivity index (χ3n) is 3.54. The molecule has 1 aromatic rings. The molecular formula is C15H22N2O. The predicted molar refractivity (Wildman–Crippen MR) is 74.7 cm³/mol. The third kappa shape index (κ3) is 2.15. The lowest BCUT2D eigenvalue weighted by Gasteiger charge is -2.20. The number of carbonyl (C=O) groups is 1. The van der Waals surface area contributed by atoms with Gasteiger partial charge in [0.25, 0.3) is 0 Å². The maximum atomic E-state index is 12.2. The Morgan fingerprint density at radius 3 is 2.61 bits per heavy atom. The lowest BCUT2D eigenvalue weighted by Crippen LogP contribution is -2.33. The quantitative estimate of drug-likeness (QED) is 0.891. The largest absolute Gasteiger partial charge is 0.316 e. The van der Waals surface area contributed by atoms with Crippen LogP contribution < -0.4 is 10.6 Å². The number of benzene rings is 1. The Hall–Kier alpha value is -1.35. The molecule has 1 atom stereocenters. The highest BCUT2D eigenvalue weighted by molar-refractivity contribution is 6.05. The number of nitrogens with zero attached hydrogens (tertiary/aromatic N) is 1. The number of aryl methyl sites for hydroxylation is 2. The van der Waals surface area contributed by atoms with Crippen molar-refractivity contribution in [3.63, 3.8) is 0 Å². The van der Waals surface area contributed by atoms with E-state index < -0.39 is 6.04 Å². The molecule has 0 aromatic heterocycles. The molecule has 0 saturated heterocycles. The highest BCUT2D eigenvalue weighted by Crippen LogP contribution is 2.38. The molecule has 18 heavy (non-hydrogen) atoms. The van der Waals surface area contributed by atoms with E-state index in [9.17, 15) is 4.79 Å². The molecule has 1 aromatic carbocycles. The summed E-state index contributed by atoms with van der Waals surface area (Å²) < 4.78 is 0. The highest BCUT2D eigenvalue weighted by atomic mass is 16.2. The smallest absolute Gasteiger partial charge is 0.248 e. The molecule has 1 heterocycles. The maximum Gasteiger partial charge on any atom is 0.248 e. The van der Waals surface area contributed by atoms with Crippen molar-refractivity contribution in [1.29, 1.82) is 0 Å². The molecule has 0 bridgehead atoms. The van der Waals surface area contributed by atoms with Crippen LogP contribution in [0.4, 0.5) is 5.69 Å². The number of carbonyl (C=O) groups excluding carboxylic acids is 1. The van der Waals surface area contributed by atoms with Crippen LogP contribution in [0.1, 0.15) is 43.0 Å². The maximum absolute atomic E-state index is 12.2. The summed E-state index contributed by atoms with van der Waals surface area (Å²) >= 11 is 0. The molecule has 1 aliphatic rings. The van der Waals surface area contributed by atoms with Crippen molar-refractivity contribution < 1.29 is 4.79 Å². The highest BCUT2D eigenvalue weighted by Gasteiger charge is 2.35. The minimum atomic E-state index is -0.481. The number of fused-ring (bicyclic) bond motifs is 1. The number of anilines is 1. The van der Waals surface area contributed by atoms with E-state index in [4.69, 9.17) is 5.73 Å². The van der Waals surface area contributed by atoms with Gasteiger partial charge in [-0.25, -0.2) is 0 Å². The number of nitrogens with two attached hydrogens (primary N) is 1. The van der Waals surface area contributed by atoms with Gasteiger partial charge in [0.1, 0.15) is 6.04 Å². The van der Waals surface area contributed by atoms with Gasteiger partial charge in [-0.3, -0.25) is 4.79 Å². The van der Waals surface area contributed by atoms with Crippen LogP contribution in [0.25, 0.3) is 0 Å². The van der Waals surface area contributed by atoms with Gasteiger partial charge in [-0.2, -0.15) is 0 Å². The Morgan fingerprint density at radius 1 is 1.33 bits per heavy atom. The van der Waals surface area contributed by atoms with Crippen LogP contribution in [-0.2, 0) is 4.79 Å². The molecule has 0 fully saturated rings. The molecule has 98 valence electrons. The van der Waals surface area contributed by atoms with Crippen molar-refractivity contribution in [3.05, 3.63) is 28.8 Å². The van der Waals surface area contributed by atoms with Gasteiger partial charge in [-0.1, -0.05) is 31.5 Å². The Bertz CT molecular complexity index is 480. The average molecular weight is 246 g/mol. The zero-order chi connectivity index (χ0) is 13.4. The van der Waals surface area contributed by atoms with Gasteiger partial charge >= 0.3 is 0 Å². The Morgan fingerprint density at radius 2 is 2.00 bits per heavy atom. The standard InChI is InChI=1S/C15H22N2O/c1-9(2)5-6-17-14-11(4)7-10(3)8-12(14)13(16)15(17)18/h7-9,13H,5-6,16H2,1-4H3. The van der Waals surface area contributed by atoms with E-state index in [1.54, 1.807) is 0 Å². The summed E-state index contributed by atoms with van der Waals surface area (Å²) in [5, 5.41) is 0. The Kier molecular flexibility index (Phi) is 3.44. The molecule has 2 rings (SSSR count). The second-order valence-corrected chi connectivity index (χ2v) is 5.67. The molecular weight excluding hydrogens is 224 g/mol. The van der Waals surface area contributed by atoms with Crippen molar-refractivity contribution in [2.45, 2.75) is 40.2 Å². The van der Waals surface area contributed by atoms with Gasteiger partial charge in [0.2, 0.25) is 5.91 Å². The van der Waals surface area contributed by atoms with Crippen molar-refractivity contribution in [1.82, 2.24) is 0 Å². The van der Waals surface area contributed by atoms with Gasteiger partial charge < -0.3 is 10.6 Å². The first-order valence-corrected chi connectivity index (χ1v) is 6.60. The van der Waals surface area contributed by atoms with Gasteiger partial charge in [0, 0.05) is 12.1 Å². The second kappa shape index (κ2) is 4.73. The van der Waals surface area contributed by atoms with E-state index in [1.807, 2.05) is 17.9 Å². The first-order chi connectivity index (χ1) is 8.41. The zero-order valence-electron chi connectivity index (χ0n) is 11.7. The van der Waals surface area contributed by atoms with E-state index in [0.29, 0.717) is 5.92 Å². The monoisotopic (exact) mass is 246 g/mol. The number of hydrogen-bond donors (Lipinski definition) is 1. The zero-order valence-corrected chi connectivity index (χ0v) is 11.7. The third-order valence-corrected chi connectivity index (χ3v) is 3.54. The minimum Gasteiger partial charge on any atom is -0.316 e. The number of amides is 1. The van der Waals surface area contributed by atoms with Crippen LogP contribution in [0.5, 0.6) is 0 Å². The fraction of sp³-hybridized carbons (Fsp3) is 0.533. The minimum absolute atomic E-state index is 0.0411. The molecule has 0 radical (unpaired) electrons. The first-order valence-electron chi connectivity index (χ1n) is 6.60. The fourth-order valence-electron chi connectivity index (χ4n) is 2.62. The summed E-state index contributed by atoms with van der Waals surface area (Å²) in [4.78, 5) is 14.1. The molecule has 1 aliphatic heterocycles. The molecule has 1 amide bonds. The van der Waals surface area contributed by atoms with Crippen LogP contribution in [0.15, 0.2) is 12.1 Å². The molecule has 2 N–H and O–H groups in total. The molecule has 1 unspecified atom stereocenters. The van der Waals surface area contributed by atoms with Gasteiger partial charge in [0.15, 0.2) is 0 Å². The molecule has 0 aliphatic carbocycles. The number of hydrogen-bond acceptors (Lipinski definition) is 2. The van der Waals surface area contributed by atoms with Crippen molar-refractivity contribution in [2.75, 3.05) is 11.4 Å². The van der Waals surface area contributed by atoms with Crippen LogP contribution in [0, 0.1) is 19.8 Å². The summed E-state index contributed by atoms with van der Waals surface area (Å²) in [6, 6.07) is 3.68. The Labute approximate surface area is 109 Å². The van der Waals surface area contributed by atoms with Crippen molar-refractivity contribution in [3.8, 4) is 0 Å². The SMILES string of the molecule is Cc1cc(C)c2c(c1)C(N)C(=O)N2CCC(C)C. The van der Waals surface area contributed by atoms with E-state index in [2.05, 4.69) is 26.8 Å². The van der Waals surface area contributed by atoms with Gasteiger partial charge in [-0.05, 0) is 31.7 Å². The van der Waals surface area contributed by atoms with Gasteiger partial charge in [0.05, 0.1) is 5.69 Å². The first kappa shape index (κ1) is 13.1. The summed E-state index contributed by atoms with van der Waals surface area (Å²) in [5.41, 5.74) is 10.4. The van der Waals surface area contributed by atoms with Crippen LogP contribution >= 0.6 is 0 Å². The summed E-state index contributed by atoms with van der Waals surface area (Å²) in [6.45, 7) is 9.20. The summed E-state index contributed by atoms with van der Waals surface area (Å²) in [5.74, 6) is 0.628. The fourth-order valence-corrected chi connectivity index (χ4v) is 2.62. The van der Waals surface area contributed by atoms with E-state index in [0.717, 1.165) is 29.8 Å². The summed E-state index contributed by atoms with van der Waals surface area (Å²) in [7, 11) is 0. The lowest BCUT2D eigenvalue weighted by molar-refractivity contribution is -0.119. The van der Waals surface area contributed by atoms with Crippen molar-refractivity contribution >= 4 is 11.6 Å². The van der Waals surface area contributed by atoms with Gasteiger partial charge in [-0.15, -0.1) is 0 Å². The molecule has 0 spiro atoms. The second-order valence-electron chi connectivity index (χ2n) is 5.67. The predicted octanol–water partition coefficient (Wildman–Crippen LogP) is 2.70. The van der Waals surface area contributed by atoms with E-state index in [-0.39, 0.29) is 5.91 Å². The van der Waals surface area contributed by atoms with Crippen LogP contribution in [0.2, 0.25) is 0 Å². The normalized spacial score (nSPS) is 18.7.